The van der Waals surface area contributed by atoms with Crippen LogP contribution in [-0.4, -0.2) is 33.5 Å². The summed E-state index contributed by atoms with van der Waals surface area (Å²) in [7, 11) is -1.67. The van der Waals surface area contributed by atoms with Crippen molar-refractivity contribution in [2.24, 2.45) is 0 Å². The van der Waals surface area contributed by atoms with E-state index in [2.05, 4.69) is 4.98 Å². The first kappa shape index (κ1) is 23.5. The molecule has 9 nitrogen and oxygen atoms in total. The third-order valence-corrected chi connectivity index (χ3v) is 8.01. The normalized spacial score (nSPS) is 11.5. The average molecular weight is 523 g/mol. The number of aromatic nitrogens is 1. The summed E-state index contributed by atoms with van der Waals surface area (Å²) in [6, 6.07) is 15.2. The van der Waals surface area contributed by atoms with E-state index in [1.54, 1.807) is 24.3 Å². The number of hydrogen-bond acceptors (Lipinski definition) is 9. The number of benzene rings is 3. The number of pyridine rings is 1. The second-order valence-electron chi connectivity index (χ2n) is 7.55. The fraction of sp³-hybridized carbons (Fsp3) is 0.0800. The van der Waals surface area contributed by atoms with Crippen LogP contribution in [0.1, 0.15) is 10.4 Å². The number of carbonyl (C=O) groups is 1. The van der Waals surface area contributed by atoms with Crippen molar-refractivity contribution in [2.45, 2.75) is 4.90 Å². The van der Waals surface area contributed by atoms with E-state index in [-0.39, 0.29) is 21.9 Å². The molecule has 0 saturated heterocycles. The van der Waals surface area contributed by atoms with Gasteiger partial charge in [0.1, 0.15) is 0 Å². The summed E-state index contributed by atoms with van der Waals surface area (Å²) < 4.78 is 45.2. The Balaban J connectivity index is 1.83. The van der Waals surface area contributed by atoms with Gasteiger partial charge in [-0.1, -0.05) is 35.6 Å². The first-order chi connectivity index (χ1) is 17.3. The Kier molecular flexibility index (Phi) is 5.94. The second kappa shape index (κ2) is 9.10. The molecule has 36 heavy (non-hydrogen) atoms. The van der Waals surface area contributed by atoms with Crippen molar-refractivity contribution in [3.63, 3.8) is 0 Å². The zero-order chi connectivity index (χ0) is 25.4. The molecule has 1 amide bonds. The van der Waals surface area contributed by atoms with Gasteiger partial charge >= 0.3 is 4.94 Å². The van der Waals surface area contributed by atoms with Gasteiger partial charge in [-0.15, -0.1) is 0 Å². The number of anilines is 1. The number of ether oxygens (including phenoxy) is 2. The predicted molar refractivity (Wildman–Crippen MR) is 136 cm³/mol. The van der Waals surface area contributed by atoms with E-state index < -0.39 is 20.9 Å². The minimum absolute atomic E-state index is 0.0757. The molecule has 2 aromatic heterocycles. The van der Waals surface area contributed by atoms with Crippen LogP contribution >= 0.6 is 11.3 Å². The molecule has 0 bridgehead atoms. The number of hydrogen-bond donors (Lipinski definition) is 0. The molecule has 0 fully saturated rings. The maximum absolute atomic E-state index is 14.1. The smallest absolute Gasteiger partial charge is 0.396 e. The molecule has 0 aliphatic carbocycles. The minimum atomic E-state index is -4.49. The molecule has 0 unspecified atom stereocenters. The van der Waals surface area contributed by atoms with E-state index in [0.717, 1.165) is 15.6 Å². The molecule has 0 N–H and O–H groups in total. The Morgan fingerprint density at radius 1 is 0.944 bits per heavy atom. The van der Waals surface area contributed by atoms with Gasteiger partial charge in [-0.05, 0) is 30.3 Å². The Hall–Kier alpha value is -4.22. The van der Waals surface area contributed by atoms with Gasteiger partial charge in [-0.2, -0.15) is 4.31 Å². The quantitative estimate of drug-likeness (QED) is 0.321. The van der Waals surface area contributed by atoms with Crippen LogP contribution in [0, 0.1) is 0 Å². The van der Waals surface area contributed by atoms with Gasteiger partial charge in [0.2, 0.25) is 0 Å². The molecule has 11 heteroatoms. The van der Waals surface area contributed by atoms with E-state index in [4.69, 9.17) is 13.9 Å². The highest BCUT2D eigenvalue weighted by Crippen LogP contribution is 2.39. The zero-order valence-electron chi connectivity index (χ0n) is 19.0. The van der Waals surface area contributed by atoms with Crippen LogP contribution < -0.4 is 18.7 Å². The number of rotatable bonds is 6. The van der Waals surface area contributed by atoms with Crippen LogP contribution in [0.15, 0.2) is 87.2 Å². The molecule has 0 spiro atoms. The lowest BCUT2D eigenvalue weighted by molar-refractivity contribution is 0.101. The number of sulfonamides is 1. The molecule has 182 valence electrons. The maximum atomic E-state index is 14.1. The molecule has 0 aliphatic rings. The van der Waals surface area contributed by atoms with E-state index in [1.807, 2.05) is 0 Å². The van der Waals surface area contributed by atoms with Gasteiger partial charge < -0.3 is 13.9 Å². The SMILES string of the molecule is COc1ccc(S(=O)(=O)N(C(=O)c2ccncc2)c2cc3sc(=O)oc3c3ccccc23)cc1OC. The monoisotopic (exact) mass is 522 g/mol. The summed E-state index contributed by atoms with van der Waals surface area (Å²) in [5, 5.41) is 0.913. The van der Waals surface area contributed by atoms with Crippen molar-refractivity contribution in [3.05, 3.63) is 88.4 Å². The largest absolute Gasteiger partial charge is 0.493 e. The Morgan fingerprint density at radius 2 is 1.64 bits per heavy atom. The third-order valence-electron chi connectivity index (χ3n) is 5.54. The lowest BCUT2D eigenvalue weighted by atomic mass is 10.1. The third kappa shape index (κ3) is 3.88. The van der Waals surface area contributed by atoms with Crippen LogP contribution in [0.2, 0.25) is 0 Å². The first-order valence-electron chi connectivity index (χ1n) is 10.5. The van der Waals surface area contributed by atoms with E-state index in [1.165, 1.54) is 63.0 Å². The van der Waals surface area contributed by atoms with Crippen molar-refractivity contribution in [3.8, 4) is 11.5 Å². The average Bonchev–Trinajstić information content (AvgIpc) is 3.29. The molecule has 2 heterocycles. The summed E-state index contributed by atoms with van der Waals surface area (Å²) >= 11 is 0.822. The van der Waals surface area contributed by atoms with Gasteiger partial charge in [-0.25, -0.2) is 13.2 Å². The van der Waals surface area contributed by atoms with E-state index in [9.17, 15) is 18.0 Å². The molecule has 5 rings (SSSR count). The number of carbonyl (C=O) groups excluding carboxylic acids is 1. The summed E-state index contributed by atoms with van der Waals surface area (Å²) in [5.41, 5.74) is 0.509. The van der Waals surface area contributed by atoms with Crippen LogP contribution in [0.5, 0.6) is 11.5 Å². The highest BCUT2D eigenvalue weighted by Gasteiger charge is 2.34. The molecule has 0 radical (unpaired) electrons. The van der Waals surface area contributed by atoms with Crippen molar-refractivity contribution < 1.29 is 27.1 Å². The second-order valence-corrected chi connectivity index (χ2v) is 10.3. The van der Waals surface area contributed by atoms with Crippen molar-refractivity contribution in [2.75, 3.05) is 18.5 Å². The van der Waals surface area contributed by atoms with Gasteiger partial charge in [0.25, 0.3) is 15.9 Å². The zero-order valence-corrected chi connectivity index (χ0v) is 20.6. The maximum Gasteiger partial charge on any atom is 0.396 e. The molecular weight excluding hydrogens is 504 g/mol. The summed E-state index contributed by atoms with van der Waals surface area (Å²) in [4.78, 5) is 29.0. The lowest BCUT2D eigenvalue weighted by Gasteiger charge is -2.24. The lowest BCUT2D eigenvalue weighted by Crippen LogP contribution is -2.37. The Morgan fingerprint density at radius 3 is 2.33 bits per heavy atom. The van der Waals surface area contributed by atoms with Crippen LogP contribution in [-0.2, 0) is 10.0 Å². The molecule has 3 aromatic carbocycles. The van der Waals surface area contributed by atoms with Crippen molar-refractivity contribution in [1.29, 1.82) is 0 Å². The van der Waals surface area contributed by atoms with Gasteiger partial charge in [0.05, 0.1) is 29.5 Å². The summed E-state index contributed by atoms with van der Waals surface area (Å²) in [6.07, 6.45) is 2.80. The highest BCUT2D eigenvalue weighted by molar-refractivity contribution is 7.93. The van der Waals surface area contributed by atoms with Crippen LogP contribution in [0.3, 0.4) is 0 Å². The van der Waals surface area contributed by atoms with E-state index in [0.29, 0.717) is 26.8 Å². The first-order valence-corrected chi connectivity index (χ1v) is 12.8. The number of fused-ring (bicyclic) bond motifs is 3. The molecule has 0 aliphatic heterocycles. The Labute approximate surface area is 209 Å². The van der Waals surface area contributed by atoms with Crippen molar-refractivity contribution >= 4 is 54.0 Å². The molecular formula is C25H18N2O7S2. The van der Waals surface area contributed by atoms with Gasteiger partial charge in [0.15, 0.2) is 17.1 Å². The summed E-state index contributed by atoms with van der Waals surface area (Å²) in [5.74, 6) is -0.283. The number of nitrogens with zero attached hydrogens (tertiary/aromatic N) is 2. The summed E-state index contributed by atoms with van der Waals surface area (Å²) in [6.45, 7) is 0. The van der Waals surface area contributed by atoms with E-state index >= 15 is 0 Å². The minimum Gasteiger partial charge on any atom is -0.493 e. The fourth-order valence-corrected chi connectivity index (χ4v) is 6.05. The molecule has 0 atom stereocenters. The number of amides is 1. The molecule has 0 saturated carbocycles. The van der Waals surface area contributed by atoms with Crippen LogP contribution in [0.4, 0.5) is 5.69 Å². The van der Waals surface area contributed by atoms with Crippen molar-refractivity contribution in [1.82, 2.24) is 4.98 Å². The number of methoxy groups -OCH3 is 2. The molecule has 5 aromatic rings. The standard InChI is InChI=1S/C25H18N2O7S2/c1-32-20-8-7-16(13-21(20)33-2)36(30,31)27(24(28)15-9-11-26-12-10-15)19-14-22-23(34-25(29)35-22)18-6-4-3-5-17(18)19/h3-14H,1-2H3. The van der Waals surface area contributed by atoms with Gasteiger partial charge in [0, 0.05) is 34.8 Å². The van der Waals surface area contributed by atoms with Crippen LogP contribution in [0.25, 0.3) is 21.1 Å². The fourth-order valence-electron chi connectivity index (χ4n) is 3.89. The van der Waals surface area contributed by atoms with Gasteiger partial charge in [-0.3, -0.25) is 9.78 Å². The highest BCUT2D eigenvalue weighted by atomic mass is 32.2. The topological polar surface area (TPSA) is 116 Å². The Bertz CT molecular complexity index is 1780. The predicted octanol–water partition coefficient (Wildman–Crippen LogP) is 4.46.